The van der Waals surface area contributed by atoms with Crippen LogP contribution in [0.3, 0.4) is 0 Å². The summed E-state index contributed by atoms with van der Waals surface area (Å²) < 4.78 is 14.3. The third kappa shape index (κ3) is 3.89. The predicted octanol–water partition coefficient (Wildman–Crippen LogP) is 2.50. The molecule has 110 valence electrons. The highest BCUT2D eigenvalue weighted by molar-refractivity contribution is 9.10. The molecule has 0 radical (unpaired) electrons. The van der Waals surface area contributed by atoms with Gasteiger partial charge >= 0.3 is 0 Å². The summed E-state index contributed by atoms with van der Waals surface area (Å²) in [6.07, 6.45) is 0. The molecular weight excluding hydrogens is 345 g/mol. The van der Waals surface area contributed by atoms with E-state index in [1.54, 1.807) is 11.0 Å². The lowest BCUT2D eigenvalue weighted by Crippen LogP contribution is -2.35. The van der Waals surface area contributed by atoms with Crippen LogP contribution in [-0.4, -0.2) is 35.4 Å². The van der Waals surface area contributed by atoms with Crippen molar-refractivity contribution < 1.29 is 9.18 Å². The summed E-state index contributed by atoms with van der Waals surface area (Å²) >= 11 is 7.94. The molecule has 1 amide bonds. The number of nitrogens with zero attached hydrogens (tertiary/aromatic N) is 1. The molecule has 0 saturated heterocycles. The van der Waals surface area contributed by atoms with Gasteiger partial charge in [0.2, 0.25) is 5.91 Å². The van der Waals surface area contributed by atoms with Crippen LogP contribution in [0, 0.1) is 5.82 Å². The third-order valence-electron chi connectivity index (χ3n) is 2.89. The lowest BCUT2D eigenvalue weighted by Gasteiger charge is -2.19. The molecule has 0 aliphatic heterocycles. The van der Waals surface area contributed by atoms with E-state index in [9.17, 15) is 9.18 Å². The summed E-state index contributed by atoms with van der Waals surface area (Å²) in [7, 11) is 0. The number of amides is 1. The Morgan fingerprint density at radius 1 is 1.45 bits per heavy atom. The van der Waals surface area contributed by atoms with Gasteiger partial charge in [-0.2, -0.15) is 0 Å². The van der Waals surface area contributed by atoms with Crippen molar-refractivity contribution in [2.75, 3.05) is 25.0 Å². The van der Waals surface area contributed by atoms with E-state index in [2.05, 4.69) is 21.2 Å². The molecule has 0 atom stereocenters. The van der Waals surface area contributed by atoms with E-state index in [0.717, 1.165) is 0 Å². The quantitative estimate of drug-likeness (QED) is 0.764. The van der Waals surface area contributed by atoms with Crippen LogP contribution in [0.1, 0.15) is 19.4 Å². The van der Waals surface area contributed by atoms with Crippen LogP contribution in [0.5, 0.6) is 0 Å². The van der Waals surface area contributed by atoms with Gasteiger partial charge in [-0.1, -0.05) is 12.2 Å². The van der Waals surface area contributed by atoms with Crippen LogP contribution >= 0.6 is 28.1 Å². The molecule has 0 unspecified atom stereocenters. The Morgan fingerprint density at radius 3 is 2.55 bits per heavy atom. The number of nitrogens with one attached hydrogen (secondary N) is 1. The fourth-order valence-corrected chi connectivity index (χ4v) is 2.60. The minimum absolute atomic E-state index is 0.0391. The standard InChI is InChI=1S/C13H17BrFN3OS/c1-3-18(4-2)10(19)7-17-9-6-5-8(13(16)20)11(14)12(9)15/h5-6,17H,3-4,7H2,1-2H3,(H2,16,20). The summed E-state index contributed by atoms with van der Waals surface area (Å²) in [5.74, 6) is -0.591. The highest BCUT2D eigenvalue weighted by Crippen LogP contribution is 2.26. The Morgan fingerprint density at radius 2 is 2.05 bits per heavy atom. The minimum Gasteiger partial charge on any atom is -0.389 e. The van der Waals surface area contributed by atoms with Gasteiger partial charge in [-0.25, -0.2) is 4.39 Å². The first kappa shape index (κ1) is 16.8. The lowest BCUT2D eigenvalue weighted by molar-refractivity contribution is -0.128. The fraction of sp³-hybridized carbons (Fsp3) is 0.385. The minimum atomic E-state index is -0.511. The third-order valence-corrected chi connectivity index (χ3v) is 3.89. The number of carbonyl (C=O) groups excluding carboxylic acids is 1. The van der Waals surface area contributed by atoms with E-state index in [0.29, 0.717) is 18.7 Å². The van der Waals surface area contributed by atoms with Gasteiger partial charge in [-0.15, -0.1) is 0 Å². The number of rotatable bonds is 6. The Labute approximate surface area is 131 Å². The molecular formula is C13H17BrFN3OS. The van der Waals surface area contributed by atoms with E-state index < -0.39 is 5.82 Å². The summed E-state index contributed by atoms with van der Waals surface area (Å²) in [6, 6.07) is 3.13. The Balaban J connectivity index is 2.82. The van der Waals surface area contributed by atoms with Crippen molar-refractivity contribution in [3.63, 3.8) is 0 Å². The summed E-state index contributed by atoms with van der Waals surface area (Å²) in [5, 5.41) is 2.79. The first-order chi connectivity index (χ1) is 9.42. The number of likely N-dealkylation sites (N-methyl/N-ethyl adjacent to an activating group) is 1. The van der Waals surface area contributed by atoms with Crippen molar-refractivity contribution in [3.05, 3.63) is 28.0 Å². The first-order valence-corrected chi connectivity index (χ1v) is 7.41. The second-order valence-electron chi connectivity index (χ2n) is 4.07. The molecule has 3 N–H and O–H groups in total. The summed E-state index contributed by atoms with van der Waals surface area (Å²) in [4.78, 5) is 13.6. The SMILES string of the molecule is CCN(CC)C(=O)CNc1ccc(C(N)=S)c(Br)c1F. The molecule has 0 aromatic heterocycles. The molecule has 4 nitrogen and oxygen atoms in total. The Hall–Kier alpha value is -1.21. The monoisotopic (exact) mass is 361 g/mol. The number of anilines is 1. The number of hydrogen-bond donors (Lipinski definition) is 2. The van der Waals surface area contributed by atoms with Gasteiger partial charge in [-0.3, -0.25) is 4.79 Å². The van der Waals surface area contributed by atoms with Crippen LogP contribution in [0.25, 0.3) is 0 Å². The van der Waals surface area contributed by atoms with Crippen molar-refractivity contribution >= 4 is 44.7 Å². The number of hydrogen-bond acceptors (Lipinski definition) is 3. The van der Waals surface area contributed by atoms with Crippen LogP contribution in [-0.2, 0) is 4.79 Å². The van der Waals surface area contributed by atoms with E-state index in [1.165, 1.54) is 6.07 Å². The first-order valence-electron chi connectivity index (χ1n) is 6.21. The second kappa shape index (κ2) is 7.54. The van der Waals surface area contributed by atoms with Gasteiger partial charge in [0.15, 0.2) is 5.82 Å². The van der Waals surface area contributed by atoms with Gasteiger partial charge in [-0.05, 0) is 41.9 Å². The van der Waals surface area contributed by atoms with Crippen molar-refractivity contribution in [1.82, 2.24) is 4.90 Å². The van der Waals surface area contributed by atoms with Gasteiger partial charge in [0.25, 0.3) is 0 Å². The zero-order valence-corrected chi connectivity index (χ0v) is 13.8. The predicted molar refractivity (Wildman–Crippen MR) is 86.4 cm³/mol. The smallest absolute Gasteiger partial charge is 0.241 e. The average molecular weight is 362 g/mol. The number of halogens is 2. The number of benzene rings is 1. The lowest BCUT2D eigenvalue weighted by atomic mass is 10.2. The molecule has 0 saturated carbocycles. The van der Waals surface area contributed by atoms with Crippen molar-refractivity contribution in [1.29, 1.82) is 0 Å². The summed E-state index contributed by atoms with van der Waals surface area (Å²) in [5.41, 5.74) is 6.15. The van der Waals surface area contributed by atoms with E-state index in [-0.39, 0.29) is 27.6 Å². The van der Waals surface area contributed by atoms with Gasteiger partial charge < -0.3 is 16.0 Å². The van der Waals surface area contributed by atoms with E-state index in [1.807, 2.05) is 13.8 Å². The molecule has 0 aliphatic carbocycles. The summed E-state index contributed by atoms with van der Waals surface area (Å²) in [6.45, 7) is 5.09. The van der Waals surface area contributed by atoms with Crippen LogP contribution < -0.4 is 11.1 Å². The fourth-order valence-electron chi connectivity index (χ4n) is 1.74. The van der Waals surface area contributed by atoms with Crippen molar-refractivity contribution in [3.8, 4) is 0 Å². The maximum Gasteiger partial charge on any atom is 0.241 e. The number of carbonyl (C=O) groups is 1. The van der Waals surface area contributed by atoms with E-state index >= 15 is 0 Å². The van der Waals surface area contributed by atoms with Crippen LogP contribution in [0.15, 0.2) is 16.6 Å². The highest BCUT2D eigenvalue weighted by atomic mass is 79.9. The molecule has 1 rings (SSSR count). The second-order valence-corrected chi connectivity index (χ2v) is 5.31. The van der Waals surface area contributed by atoms with Crippen molar-refractivity contribution in [2.45, 2.75) is 13.8 Å². The molecule has 0 aliphatic rings. The molecule has 1 aromatic carbocycles. The largest absolute Gasteiger partial charge is 0.389 e. The normalized spacial score (nSPS) is 10.2. The Kier molecular flexibility index (Phi) is 6.35. The molecule has 0 spiro atoms. The molecule has 0 fully saturated rings. The van der Waals surface area contributed by atoms with Gasteiger partial charge in [0.1, 0.15) is 4.99 Å². The van der Waals surface area contributed by atoms with Crippen LogP contribution in [0.2, 0.25) is 0 Å². The van der Waals surface area contributed by atoms with Gasteiger partial charge in [0, 0.05) is 18.7 Å². The molecule has 0 bridgehead atoms. The highest BCUT2D eigenvalue weighted by Gasteiger charge is 2.14. The zero-order valence-electron chi connectivity index (χ0n) is 11.4. The van der Waals surface area contributed by atoms with Crippen molar-refractivity contribution in [2.24, 2.45) is 5.73 Å². The average Bonchev–Trinajstić information content (AvgIpc) is 2.41. The van der Waals surface area contributed by atoms with Gasteiger partial charge in [0.05, 0.1) is 16.7 Å². The maximum absolute atomic E-state index is 14.1. The molecule has 7 heteroatoms. The Bertz CT molecular complexity index is 521. The van der Waals surface area contributed by atoms with Crippen LogP contribution in [0.4, 0.5) is 10.1 Å². The molecule has 20 heavy (non-hydrogen) atoms. The maximum atomic E-state index is 14.1. The topological polar surface area (TPSA) is 58.4 Å². The molecule has 1 aromatic rings. The number of thiocarbonyl (C=S) groups is 1. The molecule has 0 heterocycles. The zero-order chi connectivity index (χ0) is 15.3. The van der Waals surface area contributed by atoms with E-state index in [4.69, 9.17) is 18.0 Å². The number of nitrogens with two attached hydrogens (primary N) is 1.